The molecule has 96 valence electrons. The van der Waals surface area contributed by atoms with E-state index in [1.54, 1.807) is 11.1 Å². The number of rotatable bonds is 1. The Labute approximate surface area is 106 Å². The van der Waals surface area contributed by atoms with Crippen molar-refractivity contribution >= 4 is 5.91 Å². The van der Waals surface area contributed by atoms with E-state index in [-0.39, 0.29) is 5.91 Å². The SMILES string of the molecule is Cc1ccc(C(=O)N2CCC3(C2)OCCO3)cn1. The van der Waals surface area contributed by atoms with Gasteiger partial charge in [0.25, 0.3) is 5.91 Å². The van der Waals surface area contributed by atoms with Crippen LogP contribution in [0.3, 0.4) is 0 Å². The molecule has 5 nitrogen and oxygen atoms in total. The molecule has 0 radical (unpaired) electrons. The predicted octanol–water partition coefficient (Wildman–Crippen LogP) is 0.979. The summed E-state index contributed by atoms with van der Waals surface area (Å²) in [5.74, 6) is -0.549. The molecule has 18 heavy (non-hydrogen) atoms. The van der Waals surface area contributed by atoms with Crippen LogP contribution in [0.15, 0.2) is 18.3 Å². The summed E-state index contributed by atoms with van der Waals surface area (Å²) in [6.45, 7) is 4.33. The number of likely N-dealkylation sites (tertiary alicyclic amines) is 1. The van der Waals surface area contributed by atoms with E-state index < -0.39 is 5.79 Å². The number of ether oxygens (including phenoxy) is 2. The topological polar surface area (TPSA) is 51.7 Å². The Morgan fingerprint density at radius 2 is 2.17 bits per heavy atom. The van der Waals surface area contributed by atoms with Crippen molar-refractivity contribution in [3.8, 4) is 0 Å². The zero-order valence-corrected chi connectivity index (χ0v) is 10.4. The maximum absolute atomic E-state index is 12.3. The smallest absolute Gasteiger partial charge is 0.255 e. The third kappa shape index (κ3) is 2.00. The van der Waals surface area contributed by atoms with Gasteiger partial charge in [-0.05, 0) is 19.1 Å². The molecule has 1 amide bonds. The molecule has 1 spiro atoms. The summed E-state index contributed by atoms with van der Waals surface area (Å²) in [6.07, 6.45) is 2.37. The Kier molecular flexibility index (Phi) is 2.80. The van der Waals surface area contributed by atoms with E-state index in [1.165, 1.54) is 0 Å². The molecule has 1 aromatic rings. The molecule has 5 heteroatoms. The van der Waals surface area contributed by atoms with Crippen LogP contribution in [-0.4, -0.2) is 47.9 Å². The minimum Gasteiger partial charge on any atom is -0.346 e. The summed E-state index contributed by atoms with van der Waals surface area (Å²) in [4.78, 5) is 18.2. The average molecular weight is 248 g/mol. The second kappa shape index (κ2) is 4.33. The molecule has 2 aliphatic heterocycles. The fourth-order valence-corrected chi connectivity index (χ4v) is 2.44. The number of hydrogen-bond donors (Lipinski definition) is 0. The minimum atomic E-state index is -0.548. The van der Waals surface area contributed by atoms with Gasteiger partial charge >= 0.3 is 0 Å². The minimum absolute atomic E-state index is 0.00141. The van der Waals surface area contributed by atoms with Crippen LogP contribution < -0.4 is 0 Å². The van der Waals surface area contributed by atoms with Gasteiger partial charge in [0.2, 0.25) is 0 Å². The van der Waals surface area contributed by atoms with Gasteiger partial charge in [0.1, 0.15) is 0 Å². The van der Waals surface area contributed by atoms with Crippen molar-refractivity contribution in [1.29, 1.82) is 0 Å². The van der Waals surface area contributed by atoms with E-state index in [4.69, 9.17) is 9.47 Å². The second-order valence-electron chi connectivity index (χ2n) is 4.77. The van der Waals surface area contributed by atoms with Crippen molar-refractivity contribution in [3.63, 3.8) is 0 Å². The molecule has 0 bridgehead atoms. The predicted molar refractivity (Wildman–Crippen MR) is 64.1 cm³/mol. The van der Waals surface area contributed by atoms with Gasteiger partial charge in [0.15, 0.2) is 5.79 Å². The fraction of sp³-hybridized carbons (Fsp3) is 0.538. The maximum Gasteiger partial charge on any atom is 0.255 e. The highest BCUT2D eigenvalue weighted by molar-refractivity contribution is 5.94. The molecular weight excluding hydrogens is 232 g/mol. The van der Waals surface area contributed by atoms with Crippen LogP contribution in [0.2, 0.25) is 0 Å². The summed E-state index contributed by atoms with van der Waals surface area (Å²) in [5.41, 5.74) is 1.53. The summed E-state index contributed by atoms with van der Waals surface area (Å²) in [6, 6.07) is 3.66. The molecule has 0 aliphatic carbocycles. The Morgan fingerprint density at radius 3 is 2.83 bits per heavy atom. The van der Waals surface area contributed by atoms with Gasteiger partial charge in [-0.1, -0.05) is 0 Å². The van der Waals surface area contributed by atoms with Crippen LogP contribution >= 0.6 is 0 Å². The van der Waals surface area contributed by atoms with E-state index >= 15 is 0 Å². The van der Waals surface area contributed by atoms with Crippen LogP contribution in [0.25, 0.3) is 0 Å². The Morgan fingerprint density at radius 1 is 1.39 bits per heavy atom. The van der Waals surface area contributed by atoms with Gasteiger partial charge in [-0.15, -0.1) is 0 Å². The molecule has 0 saturated carbocycles. The van der Waals surface area contributed by atoms with Gasteiger partial charge in [-0.25, -0.2) is 0 Å². The number of aromatic nitrogens is 1. The lowest BCUT2D eigenvalue weighted by Gasteiger charge is -2.22. The zero-order valence-electron chi connectivity index (χ0n) is 10.4. The zero-order chi connectivity index (χ0) is 12.6. The largest absolute Gasteiger partial charge is 0.346 e. The first kappa shape index (κ1) is 11.6. The van der Waals surface area contributed by atoms with E-state index in [0.717, 1.165) is 12.1 Å². The van der Waals surface area contributed by atoms with Crippen LogP contribution in [-0.2, 0) is 9.47 Å². The summed E-state index contributed by atoms with van der Waals surface area (Å²) < 4.78 is 11.2. The lowest BCUT2D eigenvalue weighted by molar-refractivity contribution is -0.143. The Hall–Kier alpha value is -1.46. The quantitative estimate of drug-likeness (QED) is 0.743. The van der Waals surface area contributed by atoms with Gasteiger partial charge in [0.05, 0.1) is 25.3 Å². The first-order valence-corrected chi connectivity index (χ1v) is 6.18. The lowest BCUT2D eigenvalue weighted by atomic mass is 10.2. The third-order valence-electron chi connectivity index (χ3n) is 3.45. The molecule has 2 aliphatic rings. The van der Waals surface area contributed by atoms with Crippen molar-refractivity contribution in [2.45, 2.75) is 19.1 Å². The highest BCUT2D eigenvalue weighted by atomic mass is 16.7. The average Bonchev–Trinajstić information content (AvgIpc) is 3.01. The van der Waals surface area contributed by atoms with Crippen LogP contribution in [0, 0.1) is 6.92 Å². The monoisotopic (exact) mass is 248 g/mol. The standard InChI is InChI=1S/C13H16N2O3/c1-10-2-3-11(8-14-10)12(16)15-5-4-13(9-15)17-6-7-18-13/h2-3,8H,4-7,9H2,1H3. The van der Waals surface area contributed by atoms with Crippen molar-refractivity contribution in [1.82, 2.24) is 9.88 Å². The fourth-order valence-electron chi connectivity index (χ4n) is 2.44. The molecule has 0 unspecified atom stereocenters. The number of aryl methyl sites for hydroxylation is 1. The number of amides is 1. The first-order valence-electron chi connectivity index (χ1n) is 6.18. The molecule has 0 atom stereocenters. The van der Waals surface area contributed by atoms with Crippen LogP contribution in [0.1, 0.15) is 22.5 Å². The van der Waals surface area contributed by atoms with Crippen molar-refractivity contribution < 1.29 is 14.3 Å². The summed E-state index contributed by atoms with van der Waals surface area (Å²) >= 11 is 0. The van der Waals surface area contributed by atoms with Gasteiger partial charge in [-0.2, -0.15) is 0 Å². The van der Waals surface area contributed by atoms with E-state index in [9.17, 15) is 4.79 Å². The Bertz CT molecular complexity index is 452. The summed E-state index contributed by atoms with van der Waals surface area (Å²) in [5, 5.41) is 0. The van der Waals surface area contributed by atoms with E-state index in [1.807, 2.05) is 19.1 Å². The van der Waals surface area contributed by atoms with Gasteiger partial charge in [0, 0.05) is 24.9 Å². The number of nitrogens with zero attached hydrogens (tertiary/aromatic N) is 2. The molecular formula is C13H16N2O3. The number of carbonyl (C=O) groups excluding carboxylic acids is 1. The summed E-state index contributed by atoms with van der Waals surface area (Å²) in [7, 11) is 0. The third-order valence-corrected chi connectivity index (χ3v) is 3.45. The molecule has 1 aromatic heterocycles. The van der Waals surface area contributed by atoms with Crippen molar-refractivity contribution in [2.24, 2.45) is 0 Å². The van der Waals surface area contributed by atoms with Crippen molar-refractivity contribution in [2.75, 3.05) is 26.3 Å². The van der Waals surface area contributed by atoms with Gasteiger partial charge < -0.3 is 14.4 Å². The van der Waals surface area contributed by atoms with Gasteiger partial charge in [-0.3, -0.25) is 9.78 Å². The highest BCUT2D eigenvalue weighted by Gasteiger charge is 2.44. The highest BCUT2D eigenvalue weighted by Crippen LogP contribution is 2.31. The molecule has 2 saturated heterocycles. The molecule has 3 heterocycles. The van der Waals surface area contributed by atoms with Crippen molar-refractivity contribution in [3.05, 3.63) is 29.6 Å². The molecule has 2 fully saturated rings. The lowest BCUT2D eigenvalue weighted by Crippen LogP contribution is -2.36. The van der Waals surface area contributed by atoms with E-state index in [0.29, 0.717) is 31.9 Å². The van der Waals surface area contributed by atoms with Crippen LogP contribution in [0.5, 0.6) is 0 Å². The molecule has 0 aromatic carbocycles. The normalized spacial score (nSPS) is 21.7. The second-order valence-corrected chi connectivity index (χ2v) is 4.77. The number of carbonyl (C=O) groups is 1. The first-order chi connectivity index (χ1) is 8.69. The molecule has 3 rings (SSSR count). The van der Waals surface area contributed by atoms with Crippen LogP contribution in [0.4, 0.5) is 0 Å². The Balaban J connectivity index is 1.72. The number of pyridine rings is 1. The maximum atomic E-state index is 12.3. The van der Waals surface area contributed by atoms with E-state index in [2.05, 4.69) is 4.98 Å². The number of hydrogen-bond acceptors (Lipinski definition) is 4. The molecule has 0 N–H and O–H groups in total.